The first-order valence-electron chi connectivity index (χ1n) is 8.00. The van der Waals surface area contributed by atoms with Crippen molar-refractivity contribution in [2.45, 2.75) is 25.1 Å². The molecule has 144 valence electrons. The predicted octanol–water partition coefficient (Wildman–Crippen LogP) is 0.809. The molecule has 1 aromatic heterocycles. The normalized spacial score (nSPS) is 17.3. The summed E-state index contributed by atoms with van der Waals surface area (Å²) in [4.78, 5) is 8.75. The summed E-state index contributed by atoms with van der Waals surface area (Å²) in [7, 11) is -1.42. The molecule has 0 aliphatic carbocycles. The molecule has 0 atom stereocenters. The van der Waals surface area contributed by atoms with Gasteiger partial charge in [-0.25, -0.2) is 8.42 Å². The first kappa shape index (κ1) is 22.2. The van der Waals surface area contributed by atoms with Crippen molar-refractivity contribution < 1.29 is 12.9 Å². The van der Waals surface area contributed by atoms with Crippen LogP contribution in [-0.2, 0) is 16.4 Å². The zero-order valence-corrected chi connectivity index (χ0v) is 18.4. The van der Waals surface area contributed by atoms with Gasteiger partial charge in [-0.2, -0.15) is 0 Å². The summed E-state index contributed by atoms with van der Waals surface area (Å²) in [5, 5.41) is 7.13. The molecule has 0 radical (unpaired) electrons. The van der Waals surface area contributed by atoms with Crippen molar-refractivity contribution >= 4 is 39.8 Å². The Labute approximate surface area is 167 Å². The van der Waals surface area contributed by atoms with Crippen LogP contribution in [0.5, 0.6) is 0 Å². The van der Waals surface area contributed by atoms with Crippen molar-refractivity contribution in [2.75, 3.05) is 46.0 Å². The summed E-state index contributed by atoms with van der Waals surface area (Å²) in [6.45, 7) is 7.99. The van der Waals surface area contributed by atoms with Gasteiger partial charge in [0, 0.05) is 58.6 Å². The molecular formula is C15H28IN5O3S. The molecule has 2 heterocycles. The third kappa shape index (κ3) is 6.10. The van der Waals surface area contributed by atoms with Gasteiger partial charge in [0.25, 0.3) is 0 Å². The third-order valence-corrected chi connectivity index (χ3v) is 6.59. The fourth-order valence-corrected chi connectivity index (χ4v) is 2.76. The van der Waals surface area contributed by atoms with E-state index in [1.165, 1.54) is 6.26 Å². The van der Waals surface area contributed by atoms with Gasteiger partial charge in [0.2, 0.25) is 0 Å². The molecule has 0 saturated carbocycles. The number of hydrogen-bond donors (Lipinski definition) is 1. The van der Waals surface area contributed by atoms with E-state index >= 15 is 0 Å². The number of halogens is 1. The number of aromatic nitrogens is 1. The van der Waals surface area contributed by atoms with Gasteiger partial charge in [0.05, 0.1) is 10.4 Å². The molecule has 0 spiro atoms. The summed E-state index contributed by atoms with van der Waals surface area (Å²) in [6.07, 6.45) is 2.85. The molecule has 1 aliphatic rings. The van der Waals surface area contributed by atoms with E-state index in [0.29, 0.717) is 6.54 Å². The highest BCUT2D eigenvalue weighted by molar-refractivity contribution is 14.0. The molecule has 1 N–H and O–H groups in total. The van der Waals surface area contributed by atoms with Crippen LogP contribution in [0.25, 0.3) is 0 Å². The second kappa shape index (κ2) is 9.17. The van der Waals surface area contributed by atoms with E-state index in [4.69, 9.17) is 4.52 Å². The minimum Gasteiger partial charge on any atom is -0.364 e. The predicted molar refractivity (Wildman–Crippen MR) is 109 cm³/mol. The summed E-state index contributed by atoms with van der Waals surface area (Å²) >= 11 is 0. The van der Waals surface area contributed by atoms with E-state index in [2.05, 4.69) is 25.3 Å². The quantitative estimate of drug-likeness (QED) is 0.375. The van der Waals surface area contributed by atoms with Crippen LogP contribution in [0.1, 0.15) is 19.5 Å². The van der Waals surface area contributed by atoms with Gasteiger partial charge < -0.3 is 14.7 Å². The minimum absolute atomic E-state index is 0. The number of hydrogen-bond acceptors (Lipinski definition) is 6. The van der Waals surface area contributed by atoms with Crippen LogP contribution in [0.3, 0.4) is 0 Å². The van der Waals surface area contributed by atoms with Gasteiger partial charge in [-0.05, 0) is 13.8 Å². The van der Waals surface area contributed by atoms with Crippen LogP contribution >= 0.6 is 24.0 Å². The molecule has 0 unspecified atom stereocenters. The van der Waals surface area contributed by atoms with Crippen LogP contribution in [0, 0.1) is 0 Å². The summed E-state index contributed by atoms with van der Waals surface area (Å²) in [6, 6.07) is 1.88. The van der Waals surface area contributed by atoms with Crippen LogP contribution in [0.2, 0.25) is 0 Å². The monoisotopic (exact) mass is 485 g/mol. The number of rotatable bonds is 5. The highest BCUT2D eigenvalue weighted by Crippen LogP contribution is 2.14. The highest BCUT2D eigenvalue weighted by Gasteiger charge is 2.31. The van der Waals surface area contributed by atoms with Crippen LogP contribution in [0.15, 0.2) is 21.8 Å². The average Bonchev–Trinajstić information content (AvgIpc) is 3.01. The Hall–Kier alpha value is -0.880. The molecule has 2 rings (SSSR count). The highest BCUT2D eigenvalue weighted by atomic mass is 127. The fraction of sp³-hybridized carbons (Fsp3) is 0.733. The maximum absolute atomic E-state index is 11.8. The lowest BCUT2D eigenvalue weighted by molar-refractivity contribution is 0.169. The Balaban J connectivity index is 0.00000312. The number of piperazine rings is 1. The van der Waals surface area contributed by atoms with E-state index in [-0.39, 0.29) is 24.0 Å². The van der Waals surface area contributed by atoms with Crippen LogP contribution in [0.4, 0.5) is 0 Å². The zero-order chi connectivity index (χ0) is 17.8. The van der Waals surface area contributed by atoms with Gasteiger partial charge >= 0.3 is 0 Å². The van der Waals surface area contributed by atoms with Crippen molar-refractivity contribution in [3.05, 3.63) is 18.0 Å². The Kier molecular flexibility index (Phi) is 8.13. The number of aliphatic imine (C=N–C) groups is 1. The van der Waals surface area contributed by atoms with E-state index in [0.717, 1.165) is 44.4 Å². The molecule has 0 bridgehead atoms. The zero-order valence-electron chi connectivity index (χ0n) is 15.2. The molecule has 1 aliphatic heterocycles. The van der Waals surface area contributed by atoms with Crippen LogP contribution in [-0.4, -0.2) is 80.1 Å². The Morgan fingerprint density at radius 2 is 2.00 bits per heavy atom. The summed E-state index contributed by atoms with van der Waals surface area (Å²) in [5.41, 5.74) is 0.931. The lowest BCUT2D eigenvalue weighted by Crippen LogP contribution is -2.54. The molecule has 10 heteroatoms. The maximum Gasteiger partial charge on any atom is 0.193 e. The number of sulfone groups is 1. The average molecular weight is 485 g/mol. The van der Waals surface area contributed by atoms with Gasteiger partial charge in [-0.15, -0.1) is 24.0 Å². The topological polar surface area (TPSA) is 91.0 Å². The lowest BCUT2D eigenvalue weighted by atomic mass is 10.2. The van der Waals surface area contributed by atoms with Crippen LogP contribution < -0.4 is 5.32 Å². The van der Waals surface area contributed by atoms with Gasteiger partial charge in [0.15, 0.2) is 15.8 Å². The number of nitrogens with zero attached hydrogens (tertiary/aromatic N) is 4. The first-order valence-corrected chi connectivity index (χ1v) is 9.89. The lowest BCUT2D eigenvalue weighted by Gasteiger charge is -2.37. The summed E-state index contributed by atoms with van der Waals surface area (Å²) in [5.74, 6) is 0.743. The Morgan fingerprint density at radius 1 is 1.36 bits per heavy atom. The number of guanidine groups is 1. The molecule has 0 amide bonds. The van der Waals surface area contributed by atoms with Gasteiger partial charge in [-0.3, -0.25) is 9.89 Å². The Morgan fingerprint density at radius 3 is 2.48 bits per heavy atom. The molecule has 1 fully saturated rings. The molecule has 1 saturated heterocycles. The molecule has 25 heavy (non-hydrogen) atoms. The molecule has 8 nitrogen and oxygen atoms in total. The van der Waals surface area contributed by atoms with Crippen molar-refractivity contribution in [3.63, 3.8) is 0 Å². The standard InChI is InChI=1S/C15H27N5O3S.HI/c1-15(2,24(4,21)22)12-17-14(16-3)20-8-6-19(7-9-20)11-13-5-10-23-18-13;/h5,10H,6-9,11-12H2,1-4H3,(H,16,17);1H. The van der Waals surface area contributed by atoms with Gasteiger partial charge in [-0.1, -0.05) is 5.16 Å². The second-order valence-electron chi connectivity index (χ2n) is 6.69. The first-order chi connectivity index (χ1) is 11.2. The largest absolute Gasteiger partial charge is 0.364 e. The Bertz CT molecular complexity index is 653. The third-order valence-electron chi connectivity index (χ3n) is 4.44. The van der Waals surface area contributed by atoms with Crippen molar-refractivity contribution in [3.8, 4) is 0 Å². The second-order valence-corrected chi connectivity index (χ2v) is 9.34. The SMILES string of the molecule is CN=C(NCC(C)(C)S(C)(=O)=O)N1CCN(Cc2ccon2)CC1.I. The van der Waals surface area contributed by atoms with Gasteiger partial charge in [0.1, 0.15) is 6.26 Å². The smallest absolute Gasteiger partial charge is 0.193 e. The van der Waals surface area contributed by atoms with E-state index in [1.54, 1.807) is 27.2 Å². The minimum atomic E-state index is -3.13. The molecular weight excluding hydrogens is 457 g/mol. The van der Waals surface area contributed by atoms with E-state index in [1.807, 2.05) is 6.07 Å². The van der Waals surface area contributed by atoms with Crippen molar-refractivity contribution in [1.29, 1.82) is 0 Å². The van der Waals surface area contributed by atoms with E-state index in [9.17, 15) is 8.42 Å². The van der Waals surface area contributed by atoms with E-state index < -0.39 is 14.6 Å². The fourth-order valence-electron chi connectivity index (χ4n) is 2.42. The van der Waals surface area contributed by atoms with Crippen molar-refractivity contribution in [2.24, 2.45) is 4.99 Å². The van der Waals surface area contributed by atoms with Crippen molar-refractivity contribution in [1.82, 2.24) is 20.3 Å². The maximum atomic E-state index is 11.8. The molecule has 1 aromatic rings. The summed E-state index contributed by atoms with van der Waals surface area (Å²) < 4.78 is 27.6. The molecule has 0 aromatic carbocycles. The number of nitrogens with one attached hydrogen (secondary N) is 1.